The second kappa shape index (κ2) is 42.0. The van der Waals surface area contributed by atoms with Crippen LogP contribution in [0, 0.1) is 0 Å². The molecule has 0 aromatic carbocycles. The van der Waals surface area contributed by atoms with Crippen LogP contribution in [0.25, 0.3) is 0 Å². The number of hydrogen-bond acceptors (Lipinski definition) is 6. The number of phosphoric ester groups is 1. The highest BCUT2D eigenvalue weighted by atomic mass is 31.2. The van der Waals surface area contributed by atoms with Crippen molar-refractivity contribution in [2.24, 2.45) is 0 Å². The van der Waals surface area contributed by atoms with Crippen LogP contribution < -0.4 is 0 Å². The first-order valence-electron chi connectivity index (χ1n) is 24.4. The molecule has 9 heteroatoms. The van der Waals surface area contributed by atoms with Crippen molar-refractivity contribution in [3.05, 3.63) is 12.2 Å². The lowest BCUT2D eigenvalue weighted by Gasteiger charge is -2.24. The monoisotopic (exact) mass is 831 g/mol. The van der Waals surface area contributed by atoms with Crippen LogP contribution in [0.4, 0.5) is 0 Å². The number of allylic oxidation sites excluding steroid dienone is 2. The average Bonchev–Trinajstić information content (AvgIpc) is 3.16. The number of carbonyl (C=O) groups excluding carboxylic acids is 1. The highest BCUT2D eigenvalue weighted by Crippen LogP contribution is 2.43. The number of nitrogens with zero attached hydrogens (tertiary/aromatic N) is 1. The fourth-order valence-electron chi connectivity index (χ4n) is 7.02. The maximum atomic E-state index is 12.7. The van der Waals surface area contributed by atoms with Crippen molar-refractivity contribution in [2.75, 3.05) is 54.1 Å². The normalized spacial score (nSPS) is 13.7. The number of phosphoric acid groups is 1. The van der Waals surface area contributed by atoms with Gasteiger partial charge in [-0.2, -0.15) is 0 Å². The quantitative estimate of drug-likeness (QED) is 0.0215. The summed E-state index contributed by atoms with van der Waals surface area (Å²) in [4.78, 5) is 22.9. The minimum atomic E-state index is -4.27. The lowest BCUT2D eigenvalue weighted by molar-refractivity contribution is -0.870. The highest BCUT2D eigenvalue weighted by molar-refractivity contribution is 7.47. The van der Waals surface area contributed by atoms with Crippen molar-refractivity contribution in [3.63, 3.8) is 0 Å². The molecule has 2 unspecified atom stereocenters. The summed E-state index contributed by atoms with van der Waals surface area (Å²) in [5, 5.41) is 0. The molecule has 0 aromatic heterocycles. The summed E-state index contributed by atoms with van der Waals surface area (Å²) >= 11 is 0. The van der Waals surface area contributed by atoms with Crippen LogP contribution in [0.2, 0.25) is 0 Å². The van der Waals surface area contributed by atoms with Crippen molar-refractivity contribution in [3.8, 4) is 0 Å². The van der Waals surface area contributed by atoms with Gasteiger partial charge in [-0.15, -0.1) is 0 Å². The second-order valence-corrected chi connectivity index (χ2v) is 19.3. The topological polar surface area (TPSA) is 91.3 Å². The molecule has 0 radical (unpaired) electrons. The van der Waals surface area contributed by atoms with Gasteiger partial charge in [0.05, 0.1) is 34.4 Å². The van der Waals surface area contributed by atoms with Crippen LogP contribution in [-0.2, 0) is 27.9 Å². The Hall–Kier alpha value is -0.760. The van der Waals surface area contributed by atoms with Crippen molar-refractivity contribution in [1.82, 2.24) is 0 Å². The van der Waals surface area contributed by atoms with Gasteiger partial charge in [-0.1, -0.05) is 199 Å². The second-order valence-electron chi connectivity index (χ2n) is 17.9. The number of likely N-dealkylation sites (N-methyl/N-ethyl adjacent to an activating group) is 1. The Bertz CT molecular complexity index is 925. The van der Waals surface area contributed by atoms with E-state index in [1.807, 2.05) is 21.1 Å². The molecule has 1 N–H and O–H groups in total. The Morgan fingerprint density at radius 3 is 1.33 bits per heavy atom. The van der Waals surface area contributed by atoms with E-state index in [1.54, 1.807) is 0 Å². The first-order valence-corrected chi connectivity index (χ1v) is 25.9. The molecule has 0 spiro atoms. The zero-order chi connectivity index (χ0) is 42.0. The van der Waals surface area contributed by atoms with Crippen molar-refractivity contribution >= 4 is 13.8 Å². The number of unbranched alkanes of at least 4 members (excludes halogenated alkanes) is 30. The van der Waals surface area contributed by atoms with Gasteiger partial charge in [0.15, 0.2) is 0 Å². The van der Waals surface area contributed by atoms with Gasteiger partial charge in [0.2, 0.25) is 0 Å². The third-order valence-corrected chi connectivity index (χ3v) is 11.8. The van der Waals surface area contributed by atoms with Crippen LogP contribution >= 0.6 is 7.82 Å². The third kappa shape index (κ3) is 46.2. The predicted molar refractivity (Wildman–Crippen MR) is 243 cm³/mol. The van der Waals surface area contributed by atoms with Gasteiger partial charge in [-0.25, -0.2) is 4.57 Å². The maximum absolute atomic E-state index is 12.7. The molecule has 0 saturated carbocycles. The summed E-state index contributed by atoms with van der Waals surface area (Å²) < 4.78 is 35.1. The van der Waals surface area contributed by atoms with Crippen molar-refractivity contribution < 1.29 is 37.3 Å². The average molecular weight is 831 g/mol. The Balaban J connectivity index is 4.10. The first kappa shape index (κ1) is 56.2. The number of ether oxygens (including phenoxy) is 2. The molecular formula is C48H97NO7P+. The Labute approximate surface area is 354 Å². The summed E-state index contributed by atoms with van der Waals surface area (Å²) in [5.41, 5.74) is 0. The van der Waals surface area contributed by atoms with Gasteiger partial charge in [-0.05, 0) is 38.5 Å². The molecule has 0 bridgehead atoms. The molecule has 0 amide bonds. The summed E-state index contributed by atoms with van der Waals surface area (Å²) in [7, 11) is 1.68. The maximum Gasteiger partial charge on any atom is 0.472 e. The van der Waals surface area contributed by atoms with E-state index in [0.717, 1.165) is 38.5 Å². The number of quaternary nitrogens is 1. The van der Waals surface area contributed by atoms with Crippen molar-refractivity contribution in [2.45, 2.75) is 238 Å². The molecule has 0 rings (SSSR count). The standard InChI is InChI=1S/C48H96NO7P/c1-6-8-10-12-14-16-18-20-22-23-24-25-26-27-28-30-32-34-36-38-40-43-53-45-47(46-55-57(51,52)54-44-42-49(3,4)5)56-48(50)41-39-37-35-33-31-29-21-19-17-15-13-11-9-7-2/h19,21,47H,6-18,20,22-46H2,1-5H3/p+1/b21-19-. The molecule has 2 atom stereocenters. The lowest BCUT2D eigenvalue weighted by Crippen LogP contribution is -2.37. The van der Waals surface area contributed by atoms with Crippen LogP contribution in [0.15, 0.2) is 12.2 Å². The minimum Gasteiger partial charge on any atom is -0.457 e. The molecule has 0 saturated heterocycles. The Morgan fingerprint density at radius 2 is 0.912 bits per heavy atom. The predicted octanol–water partition coefficient (Wildman–Crippen LogP) is 14.6. The number of rotatable bonds is 46. The number of esters is 1. The highest BCUT2D eigenvalue weighted by Gasteiger charge is 2.26. The van der Waals surface area contributed by atoms with E-state index in [4.69, 9.17) is 18.5 Å². The van der Waals surface area contributed by atoms with E-state index in [1.165, 1.54) is 173 Å². The zero-order valence-corrected chi connectivity index (χ0v) is 39.5. The van der Waals surface area contributed by atoms with Crippen LogP contribution in [0.3, 0.4) is 0 Å². The molecule has 57 heavy (non-hydrogen) atoms. The van der Waals surface area contributed by atoms with E-state index >= 15 is 0 Å². The zero-order valence-electron chi connectivity index (χ0n) is 38.6. The molecule has 0 aliphatic carbocycles. The van der Waals surface area contributed by atoms with E-state index in [-0.39, 0.29) is 25.8 Å². The molecule has 340 valence electrons. The molecule has 0 aliphatic rings. The van der Waals surface area contributed by atoms with Crippen LogP contribution in [0.5, 0.6) is 0 Å². The van der Waals surface area contributed by atoms with E-state index < -0.39 is 13.9 Å². The smallest absolute Gasteiger partial charge is 0.457 e. The number of carbonyl (C=O) groups is 1. The SMILES string of the molecule is CCCCCCC/C=C\CCCCCCCC(=O)OC(COCCCCCCCCCCCCCCCCCCCCCCC)COP(=O)(O)OCC[N+](C)(C)C. The first-order chi connectivity index (χ1) is 27.6. The van der Waals surface area contributed by atoms with Gasteiger partial charge < -0.3 is 18.9 Å². The molecule has 8 nitrogen and oxygen atoms in total. The third-order valence-electron chi connectivity index (χ3n) is 10.8. The van der Waals surface area contributed by atoms with Crippen LogP contribution in [0.1, 0.15) is 232 Å². The summed E-state index contributed by atoms with van der Waals surface area (Å²) in [6.45, 7) is 5.65. The van der Waals surface area contributed by atoms with Crippen molar-refractivity contribution in [1.29, 1.82) is 0 Å². The van der Waals surface area contributed by atoms with Gasteiger partial charge >= 0.3 is 13.8 Å². The summed E-state index contributed by atoms with van der Waals surface area (Å²) in [6, 6.07) is 0. The molecule has 0 heterocycles. The van der Waals surface area contributed by atoms with Gasteiger partial charge in [0.25, 0.3) is 0 Å². The van der Waals surface area contributed by atoms with E-state index in [9.17, 15) is 14.3 Å². The largest absolute Gasteiger partial charge is 0.472 e. The Kier molecular flexibility index (Phi) is 41.4. The Morgan fingerprint density at radius 1 is 0.526 bits per heavy atom. The van der Waals surface area contributed by atoms with Gasteiger partial charge in [0.1, 0.15) is 19.3 Å². The van der Waals surface area contributed by atoms with Gasteiger partial charge in [0, 0.05) is 13.0 Å². The molecule has 0 aliphatic heterocycles. The molecule has 0 fully saturated rings. The number of hydrogen-bond donors (Lipinski definition) is 1. The molecule has 0 aromatic rings. The fraction of sp³-hybridized carbons (Fsp3) is 0.938. The van der Waals surface area contributed by atoms with E-state index in [2.05, 4.69) is 26.0 Å². The fourth-order valence-corrected chi connectivity index (χ4v) is 7.76. The van der Waals surface area contributed by atoms with E-state index in [0.29, 0.717) is 24.1 Å². The summed E-state index contributed by atoms with van der Waals surface area (Å²) in [6.07, 6.45) is 46.8. The molecular weight excluding hydrogens is 734 g/mol. The van der Waals surface area contributed by atoms with Gasteiger partial charge in [-0.3, -0.25) is 13.8 Å². The minimum absolute atomic E-state index is 0.0904. The van der Waals surface area contributed by atoms with Crippen LogP contribution in [-0.4, -0.2) is 75.6 Å². The lowest BCUT2D eigenvalue weighted by atomic mass is 10.0. The summed E-state index contributed by atoms with van der Waals surface area (Å²) in [5.74, 6) is -0.318.